The van der Waals surface area contributed by atoms with E-state index in [1.165, 1.54) is 15.9 Å². The number of aromatic nitrogens is 2. The molecule has 0 aliphatic rings. The Balaban J connectivity index is 1.92. The van der Waals surface area contributed by atoms with Gasteiger partial charge in [0.05, 0.1) is 16.3 Å². The first kappa shape index (κ1) is 16.8. The highest BCUT2D eigenvalue weighted by Gasteiger charge is 2.22. The number of fused-ring (bicyclic) bond motifs is 1. The molecule has 3 aromatic rings. The third-order valence-corrected chi connectivity index (χ3v) is 5.53. The molecule has 0 saturated carbocycles. The van der Waals surface area contributed by atoms with E-state index in [0.29, 0.717) is 21.4 Å². The first-order valence-corrected chi connectivity index (χ1v) is 8.74. The molecule has 0 aliphatic carbocycles. The van der Waals surface area contributed by atoms with Gasteiger partial charge < -0.3 is 0 Å². The number of benzene rings is 1. The summed E-state index contributed by atoms with van der Waals surface area (Å²) in [6, 6.07) is 4.57. The molecule has 0 fully saturated rings. The summed E-state index contributed by atoms with van der Waals surface area (Å²) in [4.78, 5) is 29.0. The lowest BCUT2D eigenvalue weighted by atomic mass is 10.1. The van der Waals surface area contributed by atoms with Gasteiger partial charge in [-0.2, -0.15) is 0 Å². The molecule has 4 nitrogen and oxygen atoms in total. The zero-order valence-corrected chi connectivity index (χ0v) is 14.4. The van der Waals surface area contributed by atoms with Crippen LogP contribution in [0.4, 0.5) is 8.78 Å². The van der Waals surface area contributed by atoms with Crippen molar-refractivity contribution >= 4 is 39.1 Å². The number of hydrogen-bond acceptors (Lipinski definition) is 5. The topological polar surface area (TPSA) is 52.0 Å². The summed E-state index contributed by atoms with van der Waals surface area (Å²) >= 11 is 2.37. The number of carbonyl (C=O) groups excluding carboxylic acids is 1. The maximum atomic E-state index is 13.8. The number of halogens is 2. The van der Waals surface area contributed by atoms with E-state index < -0.39 is 22.7 Å². The lowest BCUT2D eigenvalue weighted by molar-refractivity contribution is 0.0990. The summed E-state index contributed by atoms with van der Waals surface area (Å²) in [5, 5.41) is 1.46. The van der Waals surface area contributed by atoms with Gasteiger partial charge >= 0.3 is 0 Å². The number of thiophene rings is 1. The largest absolute Gasteiger partial charge is 0.293 e. The van der Waals surface area contributed by atoms with E-state index in [9.17, 15) is 18.4 Å². The highest BCUT2D eigenvalue weighted by molar-refractivity contribution is 8.00. The van der Waals surface area contributed by atoms with E-state index in [1.807, 2.05) is 0 Å². The van der Waals surface area contributed by atoms with Crippen LogP contribution in [0.25, 0.3) is 10.2 Å². The number of Topliss-reactive ketones (excluding diaryl/α,β-unsaturated/α-hetero) is 1. The minimum Gasteiger partial charge on any atom is -0.293 e. The molecule has 0 amide bonds. The Kier molecular flexibility index (Phi) is 4.51. The van der Waals surface area contributed by atoms with E-state index in [1.54, 1.807) is 25.4 Å². The highest BCUT2D eigenvalue weighted by Crippen LogP contribution is 2.26. The van der Waals surface area contributed by atoms with Gasteiger partial charge in [0, 0.05) is 13.1 Å². The molecule has 0 unspecified atom stereocenters. The average Bonchev–Trinajstić information content (AvgIpc) is 3.00. The fourth-order valence-electron chi connectivity index (χ4n) is 2.19. The lowest BCUT2D eigenvalue weighted by Gasteiger charge is -2.13. The number of ketones is 1. The minimum atomic E-state index is -0.900. The Morgan fingerprint density at radius 3 is 2.79 bits per heavy atom. The van der Waals surface area contributed by atoms with Gasteiger partial charge in [0.1, 0.15) is 16.3 Å². The Labute approximate surface area is 144 Å². The average molecular weight is 366 g/mol. The predicted octanol–water partition coefficient (Wildman–Crippen LogP) is 3.64. The summed E-state index contributed by atoms with van der Waals surface area (Å²) in [5.41, 5.74) is 0.196. The zero-order valence-electron chi connectivity index (χ0n) is 12.7. The zero-order chi connectivity index (χ0) is 17.4. The Morgan fingerprint density at radius 1 is 1.33 bits per heavy atom. The molecular weight excluding hydrogens is 354 g/mol. The normalized spacial score (nSPS) is 12.5. The molecule has 2 heterocycles. The Morgan fingerprint density at radius 2 is 2.08 bits per heavy atom. The molecule has 3 rings (SSSR count). The van der Waals surface area contributed by atoms with Crippen molar-refractivity contribution in [2.45, 2.75) is 17.3 Å². The number of rotatable bonds is 4. The predicted molar refractivity (Wildman–Crippen MR) is 90.9 cm³/mol. The number of carbonyl (C=O) groups is 1. The molecule has 2 aromatic heterocycles. The minimum absolute atomic E-state index is 0.182. The van der Waals surface area contributed by atoms with Gasteiger partial charge in [0.15, 0.2) is 10.9 Å². The summed E-state index contributed by atoms with van der Waals surface area (Å²) in [6.45, 7) is 1.60. The maximum Gasteiger partial charge on any atom is 0.271 e. The monoisotopic (exact) mass is 366 g/mol. The summed E-state index contributed by atoms with van der Waals surface area (Å²) in [5.74, 6) is -2.13. The fraction of sp³-hybridized carbons (Fsp3) is 0.188. The molecule has 24 heavy (non-hydrogen) atoms. The van der Waals surface area contributed by atoms with Crippen LogP contribution in [-0.4, -0.2) is 20.6 Å². The lowest BCUT2D eigenvalue weighted by Crippen LogP contribution is -2.22. The van der Waals surface area contributed by atoms with Crippen LogP contribution < -0.4 is 5.56 Å². The molecule has 0 bridgehead atoms. The van der Waals surface area contributed by atoms with Crippen LogP contribution in [0.3, 0.4) is 0 Å². The molecule has 0 N–H and O–H groups in total. The van der Waals surface area contributed by atoms with Crippen molar-refractivity contribution in [3.05, 3.63) is 57.2 Å². The third-order valence-electron chi connectivity index (χ3n) is 3.49. The number of hydrogen-bond donors (Lipinski definition) is 0. The molecular formula is C16H12F2N2O2S2. The third kappa shape index (κ3) is 2.99. The van der Waals surface area contributed by atoms with E-state index in [-0.39, 0.29) is 11.1 Å². The second kappa shape index (κ2) is 6.45. The first-order valence-electron chi connectivity index (χ1n) is 6.98. The van der Waals surface area contributed by atoms with Crippen LogP contribution in [-0.2, 0) is 7.05 Å². The molecule has 1 atom stereocenters. The van der Waals surface area contributed by atoms with Crippen molar-refractivity contribution in [3.63, 3.8) is 0 Å². The van der Waals surface area contributed by atoms with Crippen molar-refractivity contribution in [2.24, 2.45) is 7.05 Å². The molecule has 1 aromatic carbocycles. The summed E-state index contributed by atoms with van der Waals surface area (Å²) in [7, 11) is 1.58. The van der Waals surface area contributed by atoms with Crippen LogP contribution in [0.2, 0.25) is 0 Å². The van der Waals surface area contributed by atoms with Crippen molar-refractivity contribution in [2.75, 3.05) is 0 Å². The Bertz CT molecular complexity index is 997. The SMILES string of the molecule is C[C@H](Sc1nc2ccsc2c(=O)n1C)C(=O)c1ccc(F)cc1F. The van der Waals surface area contributed by atoms with Gasteiger partial charge in [-0.3, -0.25) is 14.2 Å². The van der Waals surface area contributed by atoms with E-state index >= 15 is 0 Å². The smallest absolute Gasteiger partial charge is 0.271 e. The quantitative estimate of drug-likeness (QED) is 0.402. The van der Waals surface area contributed by atoms with E-state index in [0.717, 1.165) is 23.9 Å². The van der Waals surface area contributed by atoms with Crippen molar-refractivity contribution < 1.29 is 13.6 Å². The van der Waals surface area contributed by atoms with Crippen LogP contribution in [0.5, 0.6) is 0 Å². The highest BCUT2D eigenvalue weighted by atomic mass is 32.2. The van der Waals surface area contributed by atoms with Gasteiger partial charge in [0.2, 0.25) is 0 Å². The standard InChI is InChI=1S/C16H12F2N2O2S2/c1-8(13(21)10-4-3-9(17)7-11(10)18)24-16-19-12-5-6-23-14(12)15(22)20(16)2/h3-8H,1-2H3/t8-/m0/s1. The molecule has 0 radical (unpaired) electrons. The summed E-state index contributed by atoms with van der Waals surface area (Å²) < 4.78 is 28.7. The van der Waals surface area contributed by atoms with E-state index in [2.05, 4.69) is 4.98 Å². The number of thioether (sulfide) groups is 1. The summed E-state index contributed by atoms with van der Waals surface area (Å²) in [6.07, 6.45) is 0. The molecule has 8 heteroatoms. The molecule has 0 aliphatic heterocycles. The van der Waals surface area contributed by atoms with Crippen molar-refractivity contribution in [3.8, 4) is 0 Å². The van der Waals surface area contributed by atoms with Crippen molar-refractivity contribution in [1.82, 2.24) is 9.55 Å². The molecule has 124 valence electrons. The van der Waals surface area contributed by atoms with Gasteiger partial charge in [-0.25, -0.2) is 13.8 Å². The molecule has 0 saturated heterocycles. The first-order chi connectivity index (χ1) is 11.4. The second-order valence-corrected chi connectivity index (χ2v) is 7.37. The van der Waals surface area contributed by atoms with Gasteiger partial charge in [0.25, 0.3) is 5.56 Å². The van der Waals surface area contributed by atoms with Gasteiger partial charge in [-0.05, 0) is 30.5 Å². The van der Waals surface area contributed by atoms with E-state index in [4.69, 9.17) is 0 Å². The van der Waals surface area contributed by atoms with Gasteiger partial charge in [-0.15, -0.1) is 11.3 Å². The number of nitrogens with zero attached hydrogens (tertiary/aromatic N) is 2. The van der Waals surface area contributed by atoms with Gasteiger partial charge in [-0.1, -0.05) is 11.8 Å². The van der Waals surface area contributed by atoms with Crippen LogP contribution in [0, 0.1) is 11.6 Å². The van der Waals surface area contributed by atoms with Crippen LogP contribution in [0.1, 0.15) is 17.3 Å². The maximum absolute atomic E-state index is 13.8. The van der Waals surface area contributed by atoms with Crippen LogP contribution in [0.15, 0.2) is 39.6 Å². The fourth-order valence-corrected chi connectivity index (χ4v) is 3.94. The Hall–Kier alpha value is -2.06. The second-order valence-electron chi connectivity index (χ2n) is 5.14. The van der Waals surface area contributed by atoms with Crippen molar-refractivity contribution in [1.29, 1.82) is 0 Å². The molecule has 0 spiro atoms. The van der Waals surface area contributed by atoms with Crippen LogP contribution >= 0.6 is 23.1 Å².